The van der Waals surface area contributed by atoms with E-state index in [9.17, 15) is 14.9 Å². The van der Waals surface area contributed by atoms with Crippen molar-refractivity contribution in [2.45, 2.75) is 12.1 Å². The highest BCUT2D eigenvalue weighted by molar-refractivity contribution is 7.99. The summed E-state index contributed by atoms with van der Waals surface area (Å²) >= 11 is 1.20. The van der Waals surface area contributed by atoms with E-state index >= 15 is 0 Å². The molecule has 0 fully saturated rings. The van der Waals surface area contributed by atoms with Crippen LogP contribution >= 0.6 is 11.8 Å². The molecule has 0 aliphatic carbocycles. The lowest BCUT2D eigenvalue weighted by molar-refractivity contribution is -0.384. The predicted molar refractivity (Wildman–Crippen MR) is 99.0 cm³/mol. The van der Waals surface area contributed by atoms with E-state index in [-0.39, 0.29) is 17.3 Å². The highest BCUT2D eigenvalue weighted by atomic mass is 32.2. The van der Waals surface area contributed by atoms with Gasteiger partial charge >= 0.3 is 0 Å². The number of thioether (sulfide) groups is 1. The van der Waals surface area contributed by atoms with E-state index in [4.69, 9.17) is 0 Å². The number of amides is 1. The van der Waals surface area contributed by atoms with Crippen LogP contribution in [0.1, 0.15) is 5.56 Å². The van der Waals surface area contributed by atoms with Gasteiger partial charge in [-0.2, -0.15) is 0 Å². The maximum Gasteiger partial charge on any atom is 0.269 e. The number of anilines is 1. The molecule has 2 aromatic carbocycles. The number of aromatic amines is 1. The minimum absolute atomic E-state index is 0.0262. The number of nitrogens with zero attached hydrogens (tertiary/aromatic N) is 3. The van der Waals surface area contributed by atoms with E-state index in [2.05, 4.69) is 20.5 Å². The summed E-state index contributed by atoms with van der Waals surface area (Å²) in [6, 6.07) is 13.5. The number of nitro benzene ring substituents is 1. The molecule has 0 atom stereocenters. The number of hydrogen-bond acceptors (Lipinski definition) is 6. The highest BCUT2D eigenvalue weighted by Crippen LogP contribution is 2.20. The van der Waals surface area contributed by atoms with Crippen LogP contribution in [0.4, 0.5) is 11.4 Å². The Hall–Kier alpha value is -3.20. The zero-order valence-electron chi connectivity index (χ0n) is 13.8. The SMILES string of the molecule is Cc1ccc(-c2nc(SCC(=O)Nc3ccc([N+](=O)[O-])cc3)n[nH]2)cc1. The standard InChI is InChI=1S/C17H15N5O3S/c1-11-2-4-12(5-3-11)16-19-17(21-20-16)26-10-15(23)18-13-6-8-14(9-7-13)22(24)25/h2-9H,10H2,1H3,(H,18,23)(H,19,20,21). The van der Waals surface area contributed by atoms with Crippen LogP contribution in [0.3, 0.4) is 0 Å². The Morgan fingerprint density at radius 2 is 1.88 bits per heavy atom. The van der Waals surface area contributed by atoms with Gasteiger partial charge in [-0.15, -0.1) is 5.10 Å². The normalized spacial score (nSPS) is 10.5. The number of aryl methyl sites for hydroxylation is 1. The molecule has 0 spiro atoms. The summed E-state index contributed by atoms with van der Waals surface area (Å²) in [5.74, 6) is 0.524. The lowest BCUT2D eigenvalue weighted by Gasteiger charge is -2.03. The van der Waals surface area contributed by atoms with Crippen LogP contribution < -0.4 is 5.32 Å². The third-order valence-electron chi connectivity index (χ3n) is 3.48. The van der Waals surface area contributed by atoms with Crippen molar-refractivity contribution in [1.82, 2.24) is 15.2 Å². The lowest BCUT2D eigenvalue weighted by atomic mass is 10.1. The van der Waals surface area contributed by atoms with Crippen LogP contribution in [-0.2, 0) is 4.79 Å². The van der Waals surface area contributed by atoms with Gasteiger partial charge in [-0.1, -0.05) is 41.6 Å². The fraction of sp³-hybridized carbons (Fsp3) is 0.118. The molecule has 132 valence electrons. The second-order valence-corrected chi connectivity index (χ2v) is 6.42. The van der Waals surface area contributed by atoms with Gasteiger partial charge in [-0.05, 0) is 19.1 Å². The molecular formula is C17H15N5O3S. The number of nitrogens with one attached hydrogen (secondary N) is 2. The maximum absolute atomic E-state index is 12.0. The van der Waals surface area contributed by atoms with Crippen LogP contribution in [0.15, 0.2) is 53.7 Å². The number of hydrogen-bond donors (Lipinski definition) is 2. The zero-order chi connectivity index (χ0) is 18.5. The van der Waals surface area contributed by atoms with Gasteiger partial charge in [0, 0.05) is 23.4 Å². The van der Waals surface area contributed by atoms with Gasteiger partial charge < -0.3 is 5.32 Å². The van der Waals surface area contributed by atoms with Crippen molar-refractivity contribution >= 4 is 29.0 Å². The zero-order valence-corrected chi connectivity index (χ0v) is 14.6. The van der Waals surface area contributed by atoms with Crippen molar-refractivity contribution in [2.24, 2.45) is 0 Å². The summed E-state index contributed by atoms with van der Waals surface area (Å²) in [5.41, 5.74) is 2.55. The van der Waals surface area contributed by atoms with Gasteiger partial charge in [-0.25, -0.2) is 4.98 Å². The van der Waals surface area contributed by atoms with Crippen molar-refractivity contribution in [3.05, 3.63) is 64.2 Å². The molecule has 3 aromatic rings. The molecule has 1 aromatic heterocycles. The largest absolute Gasteiger partial charge is 0.325 e. The van der Waals surface area contributed by atoms with Crippen LogP contribution in [0.25, 0.3) is 11.4 Å². The van der Waals surface area contributed by atoms with E-state index in [1.807, 2.05) is 31.2 Å². The number of benzene rings is 2. The molecule has 26 heavy (non-hydrogen) atoms. The van der Waals surface area contributed by atoms with Gasteiger partial charge in [0.2, 0.25) is 11.1 Å². The molecule has 9 heteroatoms. The molecule has 2 N–H and O–H groups in total. The average molecular weight is 369 g/mol. The first-order valence-corrected chi connectivity index (χ1v) is 8.66. The van der Waals surface area contributed by atoms with E-state index in [1.54, 1.807) is 0 Å². The third kappa shape index (κ3) is 4.45. The first-order chi connectivity index (χ1) is 12.5. The molecule has 0 saturated heterocycles. The van der Waals surface area contributed by atoms with Gasteiger partial charge in [-0.3, -0.25) is 20.0 Å². The van der Waals surface area contributed by atoms with E-state index < -0.39 is 4.92 Å². The molecule has 1 amide bonds. The molecule has 0 aliphatic rings. The summed E-state index contributed by atoms with van der Waals surface area (Å²) in [4.78, 5) is 26.5. The number of carbonyl (C=O) groups is 1. The van der Waals surface area contributed by atoms with Crippen LogP contribution in [0, 0.1) is 17.0 Å². The Morgan fingerprint density at radius 3 is 2.54 bits per heavy atom. The Balaban J connectivity index is 1.54. The minimum Gasteiger partial charge on any atom is -0.325 e. The Bertz CT molecular complexity index is 922. The van der Waals surface area contributed by atoms with Crippen molar-refractivity contribution in [1.29, 1.82) is 0 Å². The van der Waals surface area contributed by atoms with Crippen LogP contribution in [-0.4, -0.2) is 31.8 Å². The Kier molecular flexibility index (Phi) is 5.28. The number of carbonyl (C=O) groups excluding carboxylic acids is 1. The molecule has 0 radical (unpaired) electrons. The number of aromatic nitrogens is 3. The number of rotatable bonds is 6. The number of non-ortho nitro benzene ring substituents is 1. The number of nitro groups is 1. The first kappa shape index (κ1) is 17.6. The fourth-order valence-corrected chi connectivity index (χ4v) is 2.74. The quantitative estimate of drug-likeness (QED) is 0.391. The first-order valence-electron chi connectivity index (χ1n) is 7.68. The Morgan fingerprint density at radius 1 is 1.19 bits per heavy atom. The molecule has 0 bridgehead atoms. The smallest absolute Gasteiger partial charge is 0.269 e. The Labute approximate surface area is 153 Å². The third-order valence-corrected chi connectivity index (χ3v) is 4.33. The van der Waals surface area contributed by atoms with Gasteiger partial charge in [0.05, 0.1) is 10.7 Å². The molecule has 0 unspecified atom stereocenters. The maximum atomic E-state index is 12.0. The topological polar surface area (TPSA) is 114 Å². The van der Waals surface area contributed by atoms with E-state index in [0.717, 1.165) is 11.1 Å². The molecule has 8 nitrogen and oxygen atoms in total. The second kappa shape index (κ2) is 7.79. The van der Waals surface area contributed by atoms with Crippen molar-refractivity contribution in [3.63, 3.8) is 0 Å². The van der Waals surface area contributed by atoms with E-state index in [0.29, 0.717) is 16.7 Å². The summed E-state index contributed by atoms with van der Waals surface area (Å²) in [7, 11) is 0. The molecule has 3 rings (SSSR count). The van der Waals surface area contributed by atoms with Gasteiger partial charge in [0.15, 0.2) is 5.82 Å². The predicted octanol–water partition coefficient (Wildman–Crippen LogP) is 3.42. The monoisotopic (exact) mass is 369 g/mol. The molecule has 0 saturated carbocycles. The van der Waals surface area contributed by atoms with Crippen molar-refractivity contribution < 1.29 is 9.72 Å². The average Bonchev–Trinajstić information content (AvgIpc) is 3.10. The summed E-state index contributed by atoms with van der Waals surface area (Å²) in [6.07, 6.45) is 0. The molecule has 1 heterocycles. The highest BCUT2D eigenvalue weighted by Gasteiger charge is 2.10. The number of H-pyrrole nitrogens is 1. The summed E-state index contributed by atoms with van der Waals surface area (Å²) < 4.78 is 0. The van der Waals surface area contributed by atoms with Gasteiger partial charge in [0.1, 0.15) is 0 Å². The lowest BCUT2D eigenvalue weighted by Crippen LogP contribution is -2.14. The van der Waals surface area contributed by atoms with E-state index in [1.165, 1.54) is 36.0 Å². The van der Waals surface area contributed by atoms with Crippen molar-refractivity contribution in [2.75, 3.05) is 11.1 Å². The second-order valence-electron chi connectivity index (χ2n) is 5.47. The van der Waals surface area contributed by atoms with Crippen LogP contribution in [0.5, 0.6) is 0 Å². The fourth-order valence-electron chi connectivity index (χ4n) is 2.15. The molecule has 0 aliphatic heterocycles. The summed E-state index contributed by atoms with van der Waals surface area (Å²) in [5, 5.41) is 20.7. The minimum atomic E-state index is -0.490. The van der Waals surface area contributed by atoms with Crippen molar-refractivity contribution in [3.8, 4) is 11.4 Å². The van der Waals surface area contributed by atoms with Crippen LogP contribution in [0.2, 0.25) is 0 Å². The summed E-state index contributed by atoms with van der Waals surface area (Å²) in [6.45, 7) is 2.01. The van der Waals surface area contributed by atoms with Gasteiger partial charge in [0.25, 0.3) is 5.69 Å². The molecular weight excluding hydrogens is 354 g/mol.